The van der Waals surface area contributed by atoms with Crippen LogP contribution in [0.1, 0.15) is 30.2 Å². The molecule has 1 saturated carbocycles. The Morgan fingerprint density at radius 1 is 1.15 bits per heavy atom. The van der Waals surface area contributed by atoms with E-state index in [1.807, 2.05) is 12.1 Å². The molecular formula is C18H22FN5OS. The van der Waals surface area contributed by atoms with E-state index in [0.717, 1.165) is 43.4 Å². The molecule has 1 N–H and O–H groups in total. The monoisotopic (exact) mass is 375 g/mol. The standard InChI is InChI=1S/C18H22FN5OS/c19-14-3-5-15(6-4-14)24-11-9-23(10-12-24)8-7-16(25)20-18-22-21-17(26-18)13-1-2-13/h3-6,13H,1-2,7-12H2,(H,20,22,25). The zero-order valence-corrected chi connectivity index (χ0v) is 15.3. The quantitative estimate of drug-likeness (QED) is 0.841. The van der Waals surface area contributed by atoms with Crippen molar-refractivity contribution < 1.29 is 9.18 Å². The van der Waals surface area contributed by atoms with E-state index in [-0.39, 0.29) is 11.7 Å². The van der Waals surface area contributed by atoms with Gasteiger partial charge < -0.3 is 10.2 Å². The van der Waals surface area contributed by atoms with Crippen molar-refractivity contribution in [3.8, 4) is 0 Å². The summed E-state index contributed by atoms with van der Waals surface area (Å²) in [5.41, 5.74) is 1.05. The van der Waals surface area contributed by atoms with Crippen molar-refractivity contribution in [1.29, 1.82) is 0 Å². The Morgan fingerprint density at radius 2 is 1.88 bits per heavy atom. The third-order valence-corrected chi connectivity index (χ3v) is 5.83. The molecule has 6 nitrogen and oxygen atoms in total. The van der Waals surface area contributed by atoms with Crippen LogP contribution in [0.2, 0.25) is 0 Å². The maximum atomic E-state index is 13.0. The molecule has 26 heavy (non-hydrogen) atoms. The van der Waals surface area contributed by atoms with Gasteiger partial charge in [0.15, 0.2) is 0 Å². The first-order valence-electron chi connectivity index (χ1n) is 9.03. The minimum Gasteiger partial charge on any atom is -0.369 e. The van der Waals surface area contributed by atoms with Gasteiger partial charge in [0.1, 0.15) is 10.8 Å². The third-order valence-electron chi connectivity index (χ3n) is 4.83. The zero-order valence-electron chi connectivity index (χ0n) is 14.5. The minimum absolute atomic E-state index is 0.00976. The number of aromatic nitrogens is 2. The number of halogens is 1. The lowest BCUT2D eigenvalue weighted by Crippen LogP contribution is -2.47. The normalized spacial score (nSPS) is 18.1. The SMILES string of the molecule is O=C(CCN1CCN(c2ccc(F)cc2)CC1)Nc1nnc(C2CC2)s1. The van der Waals surface area contributed by atoms with Crippen LogP contribution in [0, 0.1) is 5.82 Å². The van der Waals surface area contributed by atoms with Crippen LogP contribution in [0.3, 0.4) is 0 Å². The second-order valence-corrected chi connectivity index (χ2v) is 7.83. The first-order chi connectivity index (χ1) is 12.7. The van der Waals surface area contributed by atoms with Crippen molar-refractivity contribution >= 4 is 28.1 Å². The molecule has 1 aliphatic carbocycles. The first kappa shape index (κ1) is 17.4. The summed E-state index contributed by atoms with van der Waals surface area (Å²) in [6, 6.07) is 6.62. The van der Waals surface area contributed by atoms with Gasteiger partial charge in [-0.15, -0.1) is 10.2 Å². The van der Waals surface area contributed by atoms with Crippen LogP contribution in [0.5, 0.6) is 0 Å². The molecule has 2 fully saturated rings. The fraction of sp³-hybridized carbons (Fsp3) is 0.500. The smallest absolute Gasteiger partial charge is 0.227 e. The van der Waals surface area contributed by atoms with E-state index in [4.69, 9.17) is 0 Å². The highest BCUT2D eigenvalue weighted by atomic mass is 32.1. The van der Waals surface area contributed by atoms with Gasteiger partial charge in [-0.05, 0) is 37.1 Å². The largest absolute Gasteiger partial charge is 0.369 e. The van der Waals surface area contributed by atoms with E-state index >= 15 is 0 Å². The highest BCUT2D eigenvalue weighted by Gasteiger charge is 2.27. The Balaban J connectivity index is 1.19. The molecule has 138 valence electrons. The number of piperazine rings is 1. The van der Waals surface area contributed by atoms with Gasteiger partial charge in [-0.1, -0.05) is 11.3 Å². The van der Waals surface area contributed by atoms with Crippen LogP contribution < -0.4 is 10.2 Å². The molecule has 0 radical (unpaired) electrons. The fourth-order valence-corrected chi connectivity index (χ4v) is 4.03. The zero-order chi connectivity index (χ0) is 17.9. The minimum atomic E-state index is -0.210. The number of benzene rings is 1. The molecule has 1 aromatic carbocycles. The number of anilines is 2. The van der Waals surface area contributed by atoms with E-state index in [1.54, 1.807) is 0 Å². The van der Waals surface area contributed by atoms with Crippen molar-refractivity contribution in [3.05, 3.63) is 35.1 Å². The summed E-state index contributed by atoms with van der Waals surface area (Å²) in [6.07, 6.45) is 2.83. The van der Waals surface area contributed by atoms with Crippen molar-refractivity contribution in [2.45, 2.75) is 25.2 Å². The summed E-state index contributed by atoms with van der Waals surface area (Å²) < 4.78 is 13.0. The molecule has 1 amide bonds. The van der Waals surface area contributed by atoms with Gasteiger partial charge in [0, 0.05) is 50.7 Å². The molecule has 1 saturated heterocycles. The average Bonchev–Trinajstić information content (AvgIpc) is 3.41. The number of hydrogen-bond acceptors (Lipinski definition) is 6. The summed E-state index contributed by atoms with van der Waals surface area (Å²) in [4.78, 5) is 16.7. The van der Waals surface area contributed by atoms with Crippen LogP contribution in [0.25, 0.3) is 0 Å². The van der Waals surface area contributed by atoms with Crippen molar-refractivity contribution in [3.63, 3.8) is 0 Å². The molecule has 0 atom stereocenters. The molecule has 2 aliphatic rings. The molecule has 1 aliphatic heterocycles. The number of nitrogens with one attached hydrogen (secondary N) is 1. The number of carbonyl (C=O) groups is 1. The van der Waals surface area contributed by atoms with Gasteiger partial charge in [-0.3, -0.25) is 9.69 Å². The van der Waals surface area contributed by atoms with Gasteiger partial charge >= 0.3 is 0 Å². The maximum absolute atomic E-state index is 13.0. The highest BCUT2D eigenvalue weighted by molar-refractivity contribution is 7.15. The molecule has 8 heteroatoms. The predicted molar refractivity (Wildman–Crippen MR) is 100 cm³/mol. The molecule has 4 rings (SSSR count). The summed E-state index contributed by atoms with van der Waals surface area (Å²) in [6.45, 7) is 4.30. The molecular weight excluding hydrogens is 353 g/mol. The van der Waals surface area contributed by atoms with E-state index < -0.39 is 0 Å². The van der Waals surface area contributed by atoms with E-state index in [2.05, 4.69) is 25.3 Å². The summed E-state index contributed by atoms with van der Waals surface area (Å²) >= 11 is 1.49. The predicted octanol–water partition coefficient (Wildman–Crippen LogP) is 2.71. The number of rotatable bonds is 6. The number of nitrogens with zero attached hydrogens (tertiary/aromatic N) is 4. The number of amides is 1. The lowest BCUT2D eigenvalue weighted by molar-refractivity contribution is -0.116. The third kappa shape index (κ3) is 4.37. The Hall–Kier alpha value is -2.06. The molecule has 0 bridgehead atoms. The van der Waals surface area contributed by atoms with Crippen LogP contribution >= 0.6 is 11.3 Å². The average molecular weight is 375 g/mol. The van der Waals surface area contributed by atoms with Crippen LogP contribution in [0.15, 0.2) is 24.3 Å². The molecule has 1 aromatic heterocycles. The lowest BCUT2D eigenvalue weighted by atomic mass is 10.2. The second-order valence-electron chi connectivity index (χ2n) is 6.82. The number of hydrogen-bond donors (Lipinski definition) is 1. The summed E-state index contributed by atoms with van der Waals surface area (Å²) in [5.74, 6) is 0.345. The van der Waals surface area contributed by atoms with Crippen molar-refractivity contribution in [2.24, 2.45) is 0 Å². The second kappa shape index (κ2) is 7.67. The van der Waals surface area contributed by atoms with E-state index in [1.165, 1.54) is 36.3 Å². The van der Waals surface area contributed by atoms with E-state index in [9.17, 15) is 9.18 Å². The van der Waals surface area contributed by atoms with Gasteiger partial charge in [0.25, 0.3) is 0 Å². The van der Waals surface area contributed by atoms with Crippen LogP contribution in [-0.4, -0.2) is 53.7 Å². The van der Waals surface area contributed by atoms with Gasteiger partial charge in [0.2, 0.25) is 11.0 Å². The Labute approximate surface area is 156 Å². The Kier molecular flexibility index (Phi) is 5.12. The first-order valence-corrected chi connectivity index (χ1v) is 9.85. The summed E-state index contributed by atoms with van der Waals surface area (Å²) in [5, 5.41) is 12.7. The van der Waals surface area contributed by atoms with Crippen LogP contribution in [-0.2, 0) is 4.79 Å². The Bertz CT molecular complexity index is 753. The van der Waals surface area contributed by atoms with E-state index in [0.29, 0.717) is 17.5 Å². The van der Waals surface area contributed by atoms with Crippen LogP contribution in [0.4, 0.5) is 15.2 Å². The van der Waals surface area contributed by atoms with Gasteiger partial charge in [-0.2, -0.15) is 0 Å². The fourth-order valence-electron chi connectivity index (χ4n) is 3.10. The molecule has 0 unspecified atom stereocenters. The highest BCUT2D eigenvalue weighted by Crippen LogP contribution is 2.42. The molecule has 2 aromatic rings. The molecule has 2 heterocycles. The van der Waals surface area contributed by atoms with Crippen molar-refractivity contribution in [1.82, 2.24) is 15.1 Å². The van der Waals surface area contributed by atoms with Gasteiger partial charge in [-0.25, -0.2) is 4.39 Å². The van der Waals surface area contributed by atoms with Crippen molar-refractivity contribution in [2.75, 3.05) is 42.9 Å². The molecule has 0 spiro atoms. The topological polar surface area (TPSA) is 61.4 Å². The summed E-state index contributed by atoms with van der Waals surface area (Å²) in [7, 11) is 0. The lowest BCUT2D eigenvalue weighted by Gasteiger charge is -2.36. The maximum Gasteiger partial charge on any atom is 0.227 e. The number of carbonyl (C=O) groups excluding carboxylic acids is 1. The van der Waals surface area contributed by atoms with Gasteiger partial charge in [0.05, 0.1) is 0 Å². The Morgan fingerprint density at radius 3 is 2.58 bits per heavy atom.